The van der Waals surface area contributed by atoms with Crippen LogP contribution in [0.3, 0.4) is 0 Å². The van der Waals surface area contributed by atoms with Crippen molar-refractivity contribution in [3.05, 3.63) is 133 Å². The van der Waals surface area contributed by atoms with Crippen LogP contribution in [0.15, 0.2) is 138 Å². The van der Waals surface area contributed by atoms with E-state index in [0.29, 0.717) is 11.8 Å². The lowest BCUT2D eigenvalue weighted by Crippen LogP contribution is -2.57. The van der Waals surface area contributed by atoms with Gasteiger partial charge in [0, 0.05) is 28.2 Å². The molecular formula is C32H22BN3O. The monoisotopic (exact) mass is 475 g/mol. The Kier molecular flexibility index (Phi) is 5.18. The van der Waals surface area contributed by atoms with Gasteiger partial charge in [0.05, 0.1) is 0 Å². The zero-order valence-corrected chi connectivity index (χ0v) is 20.0. The zero-order chi connectivity index (χ0) is 24.6. The summed E-state index contributed by atoms with van der Waals surface area (Å²) < 4.78 is 5.98. The highest BCUT2D eigenvalue weighted by atomic mass is 16.4. The number of benzene rings is 5. The molecule has 0 saturated heterocycles. The van der Waals surface area contributed by atoms with E-state index in [1.165, 1.54) is 27.8 Å². The third-order valence-corrected chi connectivity index (χ3v) is 6.93. The van der Waals surface area contributed by atoms with Crippen molar-refractivity contribution in [1.82, 2.24) is 10.2 Å². The van der Waals surface area contributed by atoms with E-state index in [1.807, 2.05) is 42.5 Å². The quantitative estimate of drug-likeness (QED) is 0.306. The Morgan fingerprint density at radius 1 is 0.486 bits per heavy atom. The highest BCUT2D eigenvalue weighted by Crippen LogP contribution is 2.36. The summed E-state index contributed by atoms with van der Waals surface area (Å²) in [7, 11) is 0. The van der Waals surface area contributed by atoms with Gasteiger partial charge in [-0.3, -0.25) is 0 Å². The van der Waals surface area contributed by atoms with Gasteiger partial charge in [0.15, 0.2) is 0 Å². The number of anilines is 3. The number of hydrogen-bond donors (Lipinski definition) is 0. The summed E-state index contributed by atoms with van der Waals surface area (Å²) in [6, 6.07) is 46.3. The summed E-state index contributed by atoms with van der Waals surface area (Å²) in [4.78, 5) is 2.34. The van der Waals surface area contributed by atoms with E-state index in [9.17, 15) is 0 Å². The van der Waals surface area contributed by atoms with Gasteiger partial charge in [0.25, 0.3) is 0 Å². The van der Waals surface area contributed by atoms with Gasteiger partial charge in [-0.2, -0.15) is 0 Å². The maximum absolute atomic E-state index is 5.98. The first kappa shape index (κ1) is 21.4. The van der Waals surface area contributed by atoms with Gasteiger partial charge in [-0.05, 0) is 59.5 Å². The Labute approximate surface area is 215 Å². The molecule has 0 atom stereocenters. The van der Waals surface area contributed by atoms with Gasteiger partial charge in [-0.1, -0.05) is 90.4 Å². The molecular weight excluding hydrogens is 453 g/mol. The molecule has 37 heavy (non-hydrogen) atoms. The topological polar surface area (TPSA) is 42.2 Å². The van der Waals surface area contributed by atoms with E-state index in [-0.39, 0.29) is 6.71 Å². The Bertz CT molecular complexity index is 1630. The van der Waals surface area contributed by atoms with Crippen LogP contribution in [0.1, 0.15) is 0 Å². The molecule has 174 valence electrons. The average Bonchev–Trinajstić information content (AvgIpc) is 3.47. The van der Waals surface area contributed by atoms with E-state index < -0.39 is 0 Å². The molecule has 0 fully saturated rings. The molecule has 2 heterocycles. The molecule has 6 aromatic rings. The predicted molar refractivity (Wildman–Crippen MR) is 151 cm³/mol. The molecule has 1 aromatic heterocycles. The Hall–Kier alpha value is -4.90. The number of nitrogens with zero attached hydrogens (tertiary/aromatic N) is 3. The van der Waals surface area contributed by atoms with Crippen molar-refractivity contribution in [3.8, 4) is 22.9 Å². The second-order valence-electron chi connectivity index (χ2n) is 9.12. The fourth-order valence-electron chi connectivity index (χ4n) is 5.24. The van der Waals surface area contributed by atoms with Gasteiger partial charge in [0.1, 0.15) is 0 Å². The third kappa shape index (κ3) is 3.72. The maximum Gasteiger partial charge on any atom is 0.248 e. The standard InChI is InChI=1S/C32H22BN3O/c1-3-11-23(12-4-1)31-34-35-32(37-31)24-19-21-26(22-20-24)36-29-17-9-7-15-27(29)33(25-13-5-2-6-14-25)28-16-8-10-18-30(28)36/h1-22H. The molecule has 0 unspecified atom stereocenters. The minimum absolute atomic E-state index is 0.180. The van der Waals surface area contributed by atoms with Crippen LogP contribution in [0.5, 0.6) is 0 Å². The number of fused-ring (bicyclic) bond motifs is 2. The van der Waals surface area contributed by atoms with E-state index in [1.54, 1.807) is 0 Å². The lowest BCUT2D eigenvalue weighted by Gasteiger charge is -2.37. The van der Waals surface area contributed by atoms with Gasteiger partial charge < -0.3 is 9.32 Å². The van der Waals surface area contributed by atoms with Crippen LogP contribution >= 0.6 is 0 Å². The first-order valence-electron chi connectivity index (χ1n) is 12.4. The summed E-state index contributed by atoms with van der Waals surface area (Å²) >= 11 is 0. The SMILES string of the molecule is c1ccc(B2c3ccccc3N(c3ccc(-c4nnc(-c5ccccc5)o4)cc3)c3ccccc32)cc1. The van der Waals surface area contributed by atoms with Crippen LogP contribution in [-0.4, -0.2) is 16.9 Å². The first-order valence-corrected chi connectivity index (χ1v) is 12.4. The van der Waals surface area contributed by atoms with Crippen molar-refractivity contribution in [2.24, 2.45) is 0 Å². The summed E-state index contributed by atoms with van der Waals surface area (Å²) in [5, 5.41) is 8.53. The molecule has 0 spiro atoms. The van der Waals surface area contributed by atoms with Crippen molar-refractivity contribution in [2.75, 3.05) is 4.90 Å². The second kappa shape index (κ2) is 8.96. The average molecular weight is 475 g/mol. The molecule has 4 nitrogen and oxygen atoms in total. The Morgan fingerprint density at radius 3 is 1.57 bits per heavy atom. The summed E-state index contributed by atoms with van der Waals surface area (Å²) in [5.41, 5.74) is 9.13. The van der Waals surface area contributed by atoms with E-state index >= 15 is 0 Å². The molecule has 0 bridgehead atoms. The van der Waals surface area contributed by atoms with Crippen LogP contribution in [0.2, 0.25) is 0 Å². The maximum atomic E-state index is 5.98. The number of hydrogen-bond acceptors (Lipinski definition) is 4. The summed E-state index contributed by atoms with van der Waals surface area (Å²) in [5.74, 6) is 1.03. The van der Waals surface area contributed by atoms with Crippen molar-refractivity contribution < 1.29 is 4.42 Å². The van der Waals surface area contributed by atoms with Crippen molar-refractivity contribution >= 4 is 40.2 Å². The first-order chi connectivity index (χ1) is 18.4. The molecule has 1 aliphatic rings. The third-order valence-electron chi connectivity index (χ3n) is 6.93. The number of aromatic nitrogens is 2. The minimum Gasteiger partial charge on any atom is -0.416 e. The minimum atomic E-state index is 0.180. The smallest absolute Gasteiger partial charge is 0.248 e. The van der Waals surface area contributed by atoms with E-state index in [2.05, 4.69) is 106 Å². The lowest BCUT2D eigenvalue weighted by atomic mass is 9.35. The molecule has 0 aliphatic carbocycles. The van der Waals surface area contributed by atoms with Crippen LogP contribution in [0.25, 0.3) is 22.9 Å². The normalized spacial score (nSPS) is 12.2. The molecule has 0 N–H and O–H groups in total. The van der Waals surface area contributed by atoms with E-state index in [0.717, 1.165) is 16.8 Å². The fourth-order valence-corrected chi connectivity index (χ4v) is 5.24. The summed E-state index contributed by atoms with van der Waals surface area (Å²) in [6.45, 7) is 0.180. The highest BCUT2D eigenvalue weighted by Gasteiger charge is 2.34. The van der Waals surface area contributed by atoms with Gasteiger partial charge in [0.2, 0.25) is 18.5 Å². The van der Waals surface area contributed by atoms with Gasteiger partial charge in [-0.25, -0.2) is 0 Å². The fraction of sp³-hybridized carbons (Fsp3) is 0. The second-order valence-corrected chi connectivity index (χ2v) is 9.12. The molecule has 1 aliphatic heterocycles. The molecule has 0 saturated carbocycles. The lowest BCUT2D eigenvalue weighted by molar-refractivity contribution is 0.584. The highest BCUT2D eigenvalue weighted by molar-refractivity contribution is 6.98. The molecule has 7 rings (SSSR count). The molecule has 0 amide bonds. The zero-order valence-electron chi connectivity index (χ0n) is 20.0. The number of para-hydroxylation sites is 2. The Balaban J connectivity index is 1.30. The van der Waals surface area contributed by atoms with Crippen molar-refractivity contribution in [2.45, 2.75) is 0 Å². The van der Waals surface area contributed by atoms with Crippen LogP contribution in [0.4, 0.5) is 17.1 Å². The van der Waals surface area contributed by atoms with E-state index in [4.69, 9.17) is 4.42 Å². The largest absolute Gasteiger partial charge is 0.416 e. The van der Waals surface area contributed by atoms with Crippen LogP contribution < -0.4 is 21.3 Å². The predicted octanol–water partition coefficient (Wildman–Crippen LogP) is 5.70. The number of rotatable bonds is 4. The molecule has 0 radical (unpaired) electrons. The summed E-state index contributed by atoms with van der Waals surface area (Å²) in [6.07, 6.45) is 0. The van der Waals surface area contributed by atoms with Crippen LogP contribution in [0, 0.1) is 0 Å². The van der Waals surface area contributed by atoms with Gasteiger partial charge >= 0.3 is 0 Å². The van der Waals surface area contributed by atoms with Crippen LogP contribution in [-0.2, 0) is 0 Å². The van der Waals surface area contributed by atoms with Gasteiger partial charge in [-0.15, -0.1) is 10.2 Å². The van der Waals surface area contributed by atoms with Crippen molar-refractivity contribution in [3.63, 3.8) is 0 Å². The Morgan fingerprint density at radius 2 is 0.973 bits per heavy atom. The molecule has 5 aromatic carbocycles. The van der Waals surface area contributed by atoms with Crippen molar-refractivity contribution in [1.29, 1.82) is 0 Å². The molecule has 5 heteroatoms.